The van der Waals surface area contributed by atoms with Crippen LogP contribution in [-0.4, -0.2) is 30.9 Å². The Morgan fingerprint density at radius 1 is 1.03 bits per heavy atom. The molecular weight excluding hydrogens is 468 g/mol. The van der Waals surface area contributed by atoms with Crippen molar-refractivity contribution in [1.29, 1.82) is 0 Å². The lowest BCUT2D eigenvalue weighted by Gasteiger charge is -2.29. The number of cyclic esters (lactones) is 1. The highest BCUT2D eigenvalue weighted by molar-refractivity contribution is 5.99. The summed E-state index contributed by atoms with van der Waals surface area (Å²) >= 11 is 0. The van der Waals surface area contributed by atoms with Gasteiger partial charge in [-0.2, -0.15) is 0 Å². The van der Waals surface area contributed by atoms with Crippen LogP contribution in [0.1, 0.15) is 110 Å². The van der Waals surface area contributed by atoms with Gasteiger partial charge in [-0.3, -0.25) is 9.59 Å². The van der Waals surface area contributed by atoms with Gasteiger partial charge in [0.25, 0.3) is 0 Å². The number of carbonyl (C=O) groups is 3. The van der Waals surface area contributed by atoms with Crippen LogP contribution in [0, 0.1) is 0 Å². The molecule has 0 amide bonds. The second-order valence-corrected chi connectivity index (χ2v) is 10.3. The molecule has 0 bridgehead atoms. The van der Waals surface area contributed by atoms with E-state index in [2.05, 4.69) is 26.0 Å². The minimum absolute atomic E-state index is 0.151. The molecule has 2 aliphatic heterocycles. The summed E-state index contributed by atoms with van der Waals surface area (Å²) in [6, 6.07) is 9.97. The predicted octanol–water partition coefficient (Wildman–Crippen LogP) is 6.74. The number of esters is 2. The molecule has 6 heteroatoms. The van der Waals surface area contributed by atoms with Crippen molar-refractivity contribution in [3.8, 4) is 11.5 Å². The van der Waals surface area contributed by atoms with E-state index in [1.165, 1.54) is 12.7 Å². The zero-order chi connectivity index (χ0) is 26.5. The van der Waals surface area contributed by atoms with Crippen LogP contribution >= 0.6 is 0 Å². The first-order valence-electron chi connectivity index (χ1n) is 13.2. The van der Waals surface area contributed by atoms with Crippen LogP contribution in [0.5, 0.6) is 11.5 Å². The SMILES string of the molecule is COc1c2c(cc3c1[C@H](c1ccc(C(C)C)cc1)CC(=O)O3)C=CCCCC(=O)CCC[C@@H](C)OC2=O. The van der Waals surface area contributed by atoms with Crippen LogP contribution in [0.4, 0.5) is 0 Å². The number of methoxy groups -OCH3 is 1. The molecule has 37 heavy (non-hydrogen) atoms. The predicted molar refractivity (Wildman–Crippen MR) is 142 cm³/mol. The van der Waals surface area contributed by atoms with Gasteiger partial charge >= 0.3 is 11.9 Å². The third-order valence-electron chi connectivity index (χ3n) is 7.17. The van der Waals surface area contributed by atoms with Gasteiger partial charge in [0, 0.05) is 24.3 Å². The minimum atomic E-state index is -0.485. The first kappa shape index (κ1) is 26.6. The van der Waals surface area contributed by atoms with Crippen LogP contribution in [-0.2, 0) is 14.3 Å². The minimum Gasteiger partial charge on any atom is -0.495 e. The van der Waals surface area contributed by atoms with Crippen molar-refractivity contribution >= 4 is 23.8 Å². The molecule has 0 N–H and O–H groups in total. The number of ketones is 1. The zero-order valence-electron chi connectivity index (χ0n) is 22.2. The summed E-state index contributed by atoms with van der Waals surface area (Å²) in [4.78, 5) is 38.3. The molecule has 0 aromatic heterocycles. The lowest BCUT2D eigenvalue weighted by atomic mass is 9.83. The molecule has 0 saturated carbocycles. The average molecular weight is 505 g/mol. The Morgan fingerprint density at radius 2 is 1.76 bits per heavy atom. The maximum Gasteiger partial charge on any atom is 0.342 e. The Morgan fingerprint density at radius 3 is 2.46 bits per heavy atom. The summed E-state index contributed by atoms with van der Waals surface area (Å²) in [6.45, 7) is 6.12. The highest BCUT2D eigenvalue weighted by atomic mass is 16.5. The molecule has 0 radical (unpaired) electrons. The van der Waals surface area contributed by atoms with Crippen LogP contribution in [0.15, 0.2) is 36.4 Å². The van der Waals surface area contributed by atoms with E-state index < -0.39 is 5.97 Å². The van der Waals surface area contributed by atoms with E-state index in [1.54, 1.807) is 6.07 Å². The Kier molecular flexibility index (Phi) is 8.47. The largest absolute Gasteiger partial charge is 0.495 e. The monoisotopic (exact) mass is 504 g/mol. The molecule has 2 aromatic carbocycles. The molecule has 2 atom stereocenters. The van der Waals surface area contributed by atoms with Gasteiger partial charge in [-0.25, -0.2) is 4.79 Å². The number of allylic oxidation sites excluding steroid dienone is 1. The molecule has 0 aliphatic carbocycles. The first-order valence-corrected chi connectivity index (χ1v) is 13.2. The van der Waals surface area contributed by atoms with E-state index in [-0.39, 0.29) is 30.2 Å². The Labute approximate surface area is 219 Å². The molecule has 0 unspecified atom stereocenters. The summed E-state index contributed by atoms with van der Waals surface area (Å²) in [5, 5.41) is 0. The van der Waals surface area contributed by atoms with Crippen molar-refractivity contribution in [3.05, 3.63) is 64.2 Å². The Hall–Kier alpha value is -3.41. The van der Waals surface area contributed by atoms with Crippen molar-refractivity contribution < 1.29 is 28.6 Å². The summed E-state index contributed by atoms with van der Waals surface area (Å²) in [5.74, 6) is 0.274. The van der Waals surface area contributed by atoms with Gasteiger partial charge in [-0.15, -0.1) is 0 Å². The quantitative estimate of drug-likeness (QED) is 0.340. The first-order chi connectivity index (χ1) is 17.8. The van der Waals surface area contributed by atoms with Gasteiger partial charge in [0.1, 0.15) is 22.8 Å². The maximum atomic E-state index is 13.5. The standard InChI is InChI=1S/C31H36O6/c1-19(2)21-13-15-22(16-14-21)25-18-27(33)37-26-17-23-10-6-5-7-11-24(32)12-8-9-20(3)36-31(34)28(23)30(35-4)29(25)26/h6,10,13-17,19-20,25H,5,7-9,11-12,18H2,1-4H3/t20-,25+/m1/s1. The highest BCUT2D eigenvalue weighted by Gasteiger charge is 2.36. The molecule has 4 rings (SSSR count). The summed E-state index contributed by atoms with van der Waals surface area (Å²) < 4.78 is 17.4. The summed E-state index contributed by atoms with van der Waals surface area (Å²) in [5.41, 5.74) is 3.76. The number of rotatable bonds is 3. The van der Waals surface area contributed by atoms with Crippen molar-refractivity contribution in [3.63, 3.8) is 0 Å². The fraction of sp³-hybridized carbons (Fsp3) is 0.452. The van der Waals surface area contributed by atoms with Gasteiger partial charge in [-0.05, 0) is 61.3 Å². The number of benzene rings is 2. The van der Waals surface area contributed by atoms with Gasteiger partial charge < -0.3 is 14.2 Å². The molecular formula is C31H36O6. The van der Waals surface area contributed by atoms with Crippen LogP contribution in [0.2, 0.25) is 0 Å². The second kappa shape index (κ2) is 11.8. The van der Waals surface area contributed by atoms with Crippen LogP contribution in [0.3, 0.4) is 0 Å². The maximum absolute atomic E-state index is 13.5. The fourth-order valence-electron chi connectivity index (χ4n) is 5.11. The van der Waals surface area contributed by atoms with Gasteiger partial charge in [0.2, 0.25) is 0 Å². The van der Waals surface area contributed by atoms with Gasteiger partial charge in [0.15, 0.2) is 0 Å². The van der Waals surface area contributed by atoms with Gasteiger partial charge in [-0.1, -0.05) is 50.3 Å². The molecule has 2 aliphatic rings. The number of ether oxygens (including phenoxy) is 3. The topological polar surface area (TPSA) is 78.9 Å². The zero-order valence-corrected chi connectivity index (χ0v) is 22.2. The smallest absolute Gasteiger partial charge is 0.342 e. The molecule has 0 spiro atoms. The van der Waals surface area contributed by atoms with Gasteiger partial charge in [0.05, 0.1) is 19.6 Å². The third kappa shape index (κ3) is 6.12. The molecule has 196 valence electrons. The molecule has 2 heterocycles. The number of Topliss-reactive ketones (excluding diaryl/α,β-unsaturated/α-hetero) is 1. The number of carbonyl (C=O) groups excluding carboxylic acids is 3. The van der Waals surface area contributed by atoms with Crippen LogP contribution < -0.4 is 9.47 Å². The molecule has 0 fully saturated rings. The molecule has 0 saturated heterocycles. The van der Waals surface area contributed by atoms with Crippen molar-refractivity contribution in [1.82, 2.24) is 0 Å². The molecule has 6 nitrogen and oxygen atoms in total. The van der Waals surface area contributed by atoms with Crippen molar-refractivity contribution in [2.24, 2.45) is 0 Å². The lowest BCUT2D eigenvalue weighted by Crippen LogP contribution is -2.24. The number of hydrogen-bond acceptors (Lipinski definition) is 6. The normalized spacial score (nSPS) is 20.9. The number of fused-ring (bicyclic) bond motifs is 2. The summed E-state index contributed by atoms with van der Waals surface area (Å²) in [7, 11) is 1.53. The fourth-order valence-corrected chi connectivity index (χ4v) is 5.11. The van der Waals surface area contributed by atoms with Crippen molar-refractivity contribution in [2.75, 3.05) is 7.11 Å². The van der Waals surface area contributed by atoms with Crippen LogP contribution in [0.25, 0.3) is 6.08 Å². The Bertz CT molecular complexity index is 1190. The van der Waals surface area contributed by atoms with E-state index in [4.69, 9.17) is 14.2 Å². The van der Waals surface area contributed by atoms with E-state index in [9.17, 15) is 14.4 Å². The van der Waals surface area contributed by atoms with E-state index in [1.807, 2.05) is 31.2 Å². The van der Waals surface area contributed by atoms with Crippen molar-refractivity contribution in [2.45, 2.75) is 83.7 Å². The third-order valence-corrected chi connectivity index (χ3v) is 7.17. The highest BCUT2D eigenvalue weighted by Crippen LogP contribution is 2.47. The lowest BCUT2D eigenvalue weighted by molar-refractivity contribution is -0.135. The summed E-state index contributed by atoms with van der Waals surface area (Å²) in [6.07, 6.45) is 7.34. The number of hydrogen-bond donors (Lipinski definition) is 0. The second-order valence-electron chi connectivity index (χ2n) is 10.3. The average Bonchev–Trinajstić information content (AvgIpc) is 2.86. The van der Waals surface area contributed by atoms with E-state index >= 15 is 0 Å². The molecule has 2 aromatic rings. The van der Waals surface area contributed by atoms with E-state index in [0.717, 1.165) is 12.0 Å². The van der Waals surface area contributed by atoms with E-state index in [0.29, 0.717) is 66.2 Å². The Balaban J connectivity index is 1.83.